The minimum atomic E-state index is 1.08. The molecule has 0 unspecified atom stereocenters. The molecule has 12 rings (SSSR count). The molecule has 2 heteroatoms. The van der Waals surface area contributed by atoms with E-state index in [4.69, 9.17) is 0 Å². The van der Waals surface area contributed by atoms with Crippen molar-refractivity contribution in [1.29, 1.82) is 0 Å². The van der Waals surface area contributed by atoms with E-state index in [1.54, 1.807) is 0 Å². The summed E-state index contributed by atoms with van der Waals surface area (Å²) in [5, 5.41) is 7.45. The highest BCUT2D eigenvalue weighted by Crippen LogP contribution is 2.46. The van der Waals surface area contributed by atoms with Crippen LogP contribution in [0, 0.1) is 0 Å². The molecule has 0 aliphatic rings. The zero-order chi connectivity index (χ0) is 42.4. The number of nitrogens with zero attached hydrogens (tertiary/aromatic N) is 2. The van der Waals surface area contributed by atoms with Crippen LogP contribution in [0.2, 0.25) is 0 Å². The molecule has 64 heavy (non-hydrogen) atoms. The van der Waals surface area contributed by atoms with Crippen LogP contribution in [-0.2, 0) is 0 Å². The third kappa shape index (κ3) is 6.44. The van der Waals surface area contributed by atoms with Crippen molar-refractivity contribution in [2.45, 2.75) is 0 Å². The molecule has 0 fully saturated rings. The highest BCUT2D eigenvalue weighted by atomic mass is 15.1. The van der Waals surface area contributed by atoms with Crippen LogP contribution in [-0.4, -0.2) is 4.57 Å². The summed E-state index contributed by atoms with van der Waals surface area (Å²) in [5.74, 6) is 0. The second-order valence-corrected chi connectivity index (χ2v) is 16.5. The van der Waals surface area contributed by atoms with Crippen molar-refractivity contribution >= 4 is 60.4 Å². The second kappa shape index (κ2) is 15.8. The number of rotatable bonds is 8. The SMILES string of the molecule is c1ccc(-c2ccc3c(c2)c2cc(-c4ccccc4)ccc2n3-c2ccc(N(c3ccccc3)c3cccc(-c4c5ccccc5c(-c5ccccc5)c5ccccc45)c3)cc2)cc1. The lowest BCUT2D eigenvalue weighted by Gasteiger charge is -2.26. The Morgan fingerprint density at radius 3 is 1.12 bits per heavy atom. The van der Waals surface area contributed by atoms with Gasteiger partial charge in [-0.1, -0.05) is 182 Å². The minimum Gasteiger partial charge on any atom is -0.310 e. The summed E-state index contributed by atoms with van der Waals surface area (Å²) in [7, 11) is 0. The van der Waals surface area contributed by atoms with E-state index in [1.165, 1.54) is 87.9 Å². The average Bonchev–Trinajstić information content (AvgIpc) is 3.70. The zero-order valence-corrected chi connectivity index (χ0v) is 35.1. The molecule has 11 aromatic carbocycles. The van der Waals surface area contributed by atoms with Crippen molar-refractivity contribution < 1.29 is 0 Å². The van der Waals surface area contributed by atoms with Crippen molar-refractivity contribution in [2.75, 3.05) is 4.90 Å². The lowest BCUT2D eigenvalue weighted by Crippen LogP contribution is -2.10. The molecular formula is C62H42N2. The van der Waals surface area contributed by atoms with Gasteiger partial charge in [-0.3, -0.25) is 0 Å². The van der Waals surface area contributed by atoms with Gasteiger partial charge in [0.15, 0.2) is 0 Å². The van der Waals surface area contributed by atoms with E-state index in [0.29, 0.717) is 0 Å². The minimum absolute atomic E-state index is 1.08. The highest BCUT2D eigenvalue weighted by Gasteiger charge is 2.20. The maximum absolute atomic E-state index is 2.42. The lowest BCUT2D eigenvalue weighted by atomic mass is 9.86. The quantitative estimate of drug-likeness (QED) is 0.139. The molecule has 1 heterocycles. The van der Waals surface area contributed by atoms with Gasteiger partial charge in [0.25, 0.3) is 0 Å². The third-order valence-electron chi connectivity index (χ3n) is 12.7. The van der Waals surface area contributed by atoms with Crippen molar-refractivity contribution in [2.24, 2.45) is 0 Å². The first-order valence-corrected chi connectivity index (χ1v) is 22.0. The summed E-state index contributed by atoms with van der Waals surface area (Å²) in [5.41, 5.74) is 16.5. The van der Waals surface area contributed by atoms with Gasteiger partial charge in [0.2, 0.25) is 0 Å². The Morgan fingerprint density at radius 2 is 0.625 bits per heavy atom. The van der Waals surface area contributed by atoms with E-state index in [2.05, 4.69) is 264 Å². The molecule has 0 saturated carbocycles. The Balaban J connectivity index is 1.000. The van der Waals surface area contributed by atoms with Crippen LogP contribution < -0.4 is 4.90 Å². The molecule has 0 bridgehead atoms. The summed E-state index contributed by atoms with van der Waals surface area (Å²) in [6, 6.07) is 92.6. The average molecular weight is 815 g/mol. The van der Waals surface area contributed by atoms with Crippen LogP contribution in [0.1, 0.15) is 0 Å². The number of benzene rings is 11. The van der Waals surface area contributed by atoms with Crippen molar-refractivity contribution in [3.05, 3.63) is 255 Å². The predicted octanol–water partition coefficient (Wildman–Crippen LogP) is 17.2. The van der Waals surface area contributed by atoms with Gasteiger partial charge in [-0.25, -0.2) is 0 Å². The molecule has 0 atom stereocenters. The molecule has 0 saturated heterocycles. The Labute approximate surface area is 373 Å². The fraction of sp³-hybridized carbons (Fsp3) is 0. The number of aromatic nitrogens is 1. The van der Waals surface area contributed by atoms with Gasteiger partial charge in [-0.05, 0) is 139 Å². The first-order chi connectivity index (χ1) is 31.8. The van der Waals surface area contributed by atoms with Crippen LogP contribution in [0.4, 0.5) is 17.1 Å². The lowest BCUT2D eigenvalue weighted by molar-refractivity contribution is 1.17. The molecular weight excluding hydrogens is 773 g/mol. The summed E-state index contributed by atoms with van der Waals surface area (Å²) in [6.45, 7) is 0. The largest absolute Gasteiger partial charge is 0.310 e. The predicted molar refractivity (Wildman–Crippen MR) is 272 cm³/mol. The number of para-hydroxylation sites is 1. The van der Waals surface area contributed by atoms with Gasteiger partial charge >= 0.3 is 0 Å². The third-order valence-corrected chi connectivity index (χ3v) is 12.7. The number of hydrogen-bond donors (Lipinski definition) is 0. The molecule has 0 N–H and O–H groups in total. The fourth-order valence-electron chi connectivity index (χ4n) is 9.85. The van der Waals surface area contributed by atoms with E-state index in [9.17, 15) is 0 Å². The Kier molecular flexibility index (Phi) is 9.20. The number of hydrogen-bond acceptors (Lipinski definition) is 1. The van der Waals surface area contributed by atoms with Crippen molar-refractivity contribution in [3.8, 4) is 50.2 Å². The van der Waals surface area contributed by atoms with E-state index < -0.39 is 0 Å². The highest BCUT2D eigenvalue weighted by molar-refractivity contribution is 6.21. The Bertz CT molecular complexity index is 3480. The zero-order valence-electron chi connectivity index (χ0n) is 35.1. The summed E-state index contributed by atoms with van der Waals surface area (Å²) in [6.07, 6.45) is 0. The normalized spacial score (nSPS) is 11.4. The second-order valence-electron chi connectivity index (χ2n) is 16.5. The molecule has 0 spiro atoms. The molecule has 2 nitrogen and oxygen atoms in total. The maximum atomic E-state index is 2.42. The van der Waals surface area contributed by atoms with Gasteiger partial charge in [0, 0.05) is 33.5 Å². The van der Waals surface area contributed by atoms with Gasteiger partial charge in [0.05, 0.1) is 11.0 Å². The van der Waals surface area contributed by atoms with E-state index in [0.717, 1.165) is 22.7 Å². The van der Waals surface area contributed by atoms with Gasteiger partial charge in [0.1, 0.15) is 0 Å². The van der Waals surface area contributed by atoms with Gasteiger partial charge in [-0.15, -0.1) is 0 Å². The maximum Gasteiger partial charge on any atom is 0.0541 e. The molecule has 12 aromatic rings. The smallest absolute Gasteiger partial charge is 0.0541 e. The summed E-state index contributed by atoms with van der Waals surface area (Å²) < 4.78 is 2.42. The van der Waals surface area contributed by atoms with Crippen LogP contribution in [0.25, 0.3) is 93.5 Å². The molecule has 0 aliphatic heterocycles. The first kappa shape index (κ1) is 37.3. The van der Waals surface area contributed by atoms with E-state index >= 15 is 0 Å². The number of anilines is 3. The first-order valence-electron chi connectivity index (χ1n) is 22.0. The fourth-order valence-corrected chi connectivity index (χ4v) is 9.85. The monoisotopic (exact) mass is 814 g/mol. The van der Waals surface area contributed by atoms with Gasteiger partial charge in [-0.2, -0.15) is 0 Å². The van der Waals surface area contributed by atoms with Gasteiger partial charge < -0.3 is 9.47 Å². The molecule has 300 valence electrons. The standard InChI is InChI=1S/C62H42N2/c1-5-18-43(19-6-1)46-32-38-59-57(41-46)58-42-47(44-20-7-2-8-21-44)33-39-60(58)64(59)51-36-34-50(35-37-51)63(49-25-11-4-12-26-49)52-27-17-24-48(40-52)62-55-30-15-13-28-53(55)61(45-22-9-3-10-23-45)54-29-14-16-31-56(54)62/h1-42H. The van der Waals surface area contributed by atoms with Crippen LogP contribution in [0.3, 0.4) is 0 Å². The topological polar surface area (TPSA) is 8.17 Å². The molecule has 0 aliphatic carbocycles. The Hall–Kier alpha value is -8.46. The summed E-state index contributed by atoms with van der Waals surface area (Å²) in [4.78, 5) is 2.38. The van der Waals surface area contributed by atoms with Crippen molar-refractivity contribution in [3.63, 3.8) is 0 Å². The van der Waals surface area contributed by atoms with Crippen molar-refractivity contribution in [1.82, 2.24) is 4.57 Å². The van der Waals surface area contributed by atoms with E-state index in [-0.39, 0.29) is 0 Å². The summed E-state index contributed by atoms with van der Waals surface area (Å²) >= 11 is 0. The molecule has 1 aromatic heterocycles. The Morgan fingerprint density at radius 1 is 0.234 bits per heavy atom. The van der Waals surface area contributed by atoms with Crippen LogP contribution in [0.5, 0.6) is 0 Å². The number of fused-ring (bicyclic) bond motifs is 5. The van der Waals surface area contributed by atoms with E-state index in [1.807, 2.05) is 0 Å². The molecule has 0 amide bonds. The van der Waals surface area contributed by atoms with Crippen LogP contribution >= 0.6 is 0 Å². The van der Waals surface area contributed by atoms with Crippen LogP contribution in [0.15, 0.2) is 255 Å². The molecule has 0 radical (unpaired) electrons.